The van der Waals surface area contributed by atoms with Crippen LogP contribution in [0.4, 0.5) is 11.4 Å². The van der Waals surface area contributed by atoms with Crippen LogP contribution in [0.1, 0.15) is 18.5 Å². The van der Waals surface area contributed by atoms with Crippen molar-refractivity contribution >= 4 is 23.2 Å². The summed E-state index contributed by atoms with van der Waals surface area (Å²) in [6.07, 6.45) is -0.524. The lowest BCUT2D eigenvalue weighted by atomic mass is 10.1. The second-order valence-electron chi connectivity index (χ2n) is 5.35. The zero-order valence-corrected chi connectivity index (χ0v) is 12.6. The molecule has 0 aliphatic carbocycles. The van der Waals surface area contributed by atoms with Crippen LogP contribution >= 0.6 is 0 Å². The molecule has 23 heavy (non-hydrogen) atoms. The van der Waals surface area contributed by atoms with Crippen molar-refractivity contribution in [3.63, 3.8) is 0 Å². The highest BCUT2D eigenvalue weighted by Gasteiger charge is 2.24. The van der Waals surface area contributed by atoms with E-state index >= 15 is 0 Å². The van der Waals surface area contributed by atoms with Gasteiger partial charge in [-0.1, -0.05) is 30.3 Å². The summed E-state index contributed by atoms with van der Waals surface area (Å²) in [6, 6.07) is 13.8. The molecule has 6 heteroatoms. The average molecular weight is 311 g/mol. The molecule has 118 valence electrons. The van der Waals surface area contributed by atoms with E-state index in [-0.39, 0.29) is 5.91 Å². The number of rotatable bonds is 4. The Morgan fingerprint density at radius 2 is 2.00 bits per heavy atom. The third-order valence-electron chi connectivity index (χ3n) is 3.64. The van der Waals surface area contributed by atoms with Crippen LogP contribution in [-0.2, 0) is 9.59 Å². The van der Waals surface area contributed by atoms with E-state index in [1.165, 1.54) is 0 Å². The highest BCUT2D eigenvalue weighted by molar-refractivity contribution is 5.98. The molecule has 0 bridgehead atoms. The topological polar surface area (TPSA) is 93.4 Å². The summed E-state index contributed by atoms with van der Waals surface area (Å²) in [4.78, 5) is 23.4. The molecule has 0 saturated heterocycles. The minimum absolute atomic E-state index is 0.204. The number of amides is 2. The Morgan fingerprint density at radius 3 is 2.70 bits per heavy atom. The first-order valence-electron chi connectivity index (χ1n) is 7.27. The third-order valence-corrected chi connectivity index (χ3v) is 3.64. The predicted molar refractivity (Wildman–Crippen MR) is 87.2 cm³/mol. The Kier molecular flexibility index (Phi) is 3.89. The van der Waals surface area contributed by atoms with E-state index in [0.717, 1.165) is 5.56 Å². The molecule has 3 rings (SSSR count). The lowest BCUT2D eigenvalue weighted by Crippen LogP contribution is -2.34. The molecule has 0 aromatic heterocycles. The van der Waals surface area contributed by atoms with Gasteiger partial charge in [0.2, 0.25) is 5.91 Å². The fourth-order valence-corrected chi connectivity index (χ4v) is 2.43. The van der Waals surface area contributed by atoms with Gasteiger partial charge in [-0.25, -0.2) is 0 Å². The van der Waals surface area contributed by atoms with Crippen LogP contribution in [-0.4, -0.2) is 17.9 Å². The van der Waals surface area contributed by atoms with Gasteiger partial charge in [0.15, 0.2) is 6.10 Å². The minimum atomic E-state index is -0.659. The Hall–Kier alpha value is -3.02. The fourth-order valence-electron chi connectivity index (χ4n) is 2.43. The molecule has 2 aromatic carbocycles. The van der Waals surface area contributed by atoms with E-state index in [1.807, 2.05) is 30.3 Å². The molecular weight excluding hydrogens is 294 g/mol. The molecule has 4 N–H and O–H groups in total. The van der Waals surface area contributed by atoms with Crippen molar-refractivity contribution in [1.82, 2.24) is 0 Å². The van der Waals surface area contributed by atoms with E-state index < -0.39 is 18.1 Å². The number of nitrogens with two attached hydrogens (primary N) is 1. The van der Waals surface area contributed by atoms with Gasteiger partial charge in [-0.3, -0.25) is 9.59 Å². The van der Waals surface area contributed by atoms with Gasteiger partial charge in [-0.05, 0) is 30.7 Å². The molecule has 0 spiro atoms. The van der Waals surface area contributed by atoms with Crippen LogP contribution in [0.15, 0.2) is 48.5 Å². The summed E-state index contributed by atoms with van der Waals surface area (Å²) >= 11 is 0. The lowest BCUT2D eigenvalue weighted by Gasteiger charge is -2.24. The summed E-state index contributed by atoms with van der Waals surface area (Å²) < 4.78 is 5.50. The Labute approximate surface area is 133 Å². The molecule has 1 heterocycles. The average Bonchev–Trinajstić information content (AvgIpc) is 2.54. The number of fused-ring (bicyclic) bond motifs is 1. The van der Waals surface area contributed by atoms with E-state index in [2.05, 4.69) is 10.6 Å². The number of carbonyl (C=O) groups is 2. The highest BCUT2D eigenvalue weighted by Crippen LogP contribution is 2.33. The van der Waals surface area contributed by atoms with Gasteiger partial charge in [-0.15, -0.1) is 0 Å². The van der Waals surface area contributed by atoms with Gasteiger partial charge in [0.05, 0.1) is 5.69 Å². The Balaban J connectivity index is 1.86. The summed E-state index contributed by atoms with van der Waals surface area (Å²) in [6.45, 7) is 1.68. The summed E-state index contributed by atoms with van der Waals surface area (Å²) in [5.41, 5.74) is 7.49. The predicted octanol–water partition coefficient (Wildman–Crippen LogP) is 2.04. The van der Waals surface area contributed by atoms with Gasteiger partial charge in [-0.2, -0.15) is 0 Å². The molecule has 0 fully saturated rings. The number of hydrogen-bond acceptors (Lipinski definition) is 4. The Morgan fingerprint density at radius 1 is 1.26 bits per heavy atom. The normalized spacial score (nSPS) is 17.4. The van der Waals surface area contributed by atoms with Gasteiger partial charge < -0.3 is 21.1 Å². The van der Waals surface area contributed by atoms with Crippen LogP contribution in [0.2, 0.25) is 0 Å². The van der Waals surface area contributed by atoms with Crippen molar-refractivity contribution in [2.45, 2.75) is 19.1 Å². The van der Waals surface area contributed by atoms with Gasteiger partial charge in [0.25, 0.3) is 5.91 Å². The van der Waals surface area contributed by atoms with Crippen molar-refractivity contribution in [3.8, 4) is 5.75 Å². The molecule has 2 aromatic rings. The van der Waals surface area contributed by atoms with Gasteiger partial charge in [0, 0.05) is 5.69 Å². The first-order chi connectivity index (χ1) is 11.0. The first-order valence-corrected chi connectivity index (χ1v) is 7.27. The maximum absolute atomic E-state index is 11.8. The second-order valence-corrected chi connectivity index (χ2v) is 5.35. The fraction of sp³-hybridized carbons (Fsp3) is 0.176. The van der Waals surface area contributed by atoms with E-state index in [4.69, 9.17) is 10.5 Å². The number of carbonyl (C=O) groups excluding carboxylic acids is 2. The van der Waals surface area contributed by atoms with Crippen LogP contribution in [0, 0.1) is 0 Å². The Bertz CT molecular complexity index is 746. The number of primary amides is 1. The second kappa shape index (κ2) is 6.00. The van der Waals surface area contributed by atoms with Crippen molar-refractivity contribution < 1.29 is 14.3 Å². The molecule has 6 nitrogen and oxygen atoms in total. The summed E-state index contributed by atoms with van der Waals surface area (Å²) in [5, 5.41) is 5.86. The van der Waals surface area contributed by atoms with Gasteiger partial charge >= 0.3 is 0 Å². The summed E-state index contributed by atoms with van der Waals surface area (Å²) in [5.74, 6) is -0.0926. The smallest absolute Gasteiger partial charge is 0.265 e. The van der Waals surface area contributed by atoms with Gasteiger partial charge in [0.1, 0.15) is 11.8 Å². The van der Waals surface area contributed by atoms with Crippen molar-refractivity contribution in [1.29, 1.82) is 0 Å². The number of nitrogens with one attached hydrogen (secondary N) is 2. The van der Waals surface area contributed by atoms with Crippen molar-refractivity contribution in [3.05, 3.63) is 54.1 Å². The summed E-state index contributed by atoms with van der Waals surface area (Å²) in [7, 11) is 0. The third kappa shape index (κ3) is 3.11. The molecule has 1 aliphatic rings. The van der Waals surface area contributed by atoms with Crippen molar-refractivity contribution in [2.24, 2.45) is 5.73 Å². The van der Waals surface area contributed by atoms with Crippen molar-refractivity contribution in [2.75, 3.05) is 10.6 Å². The number of anilines is 2. The molecule has 2 atom stereocenters. The van der Waals surface area contributed by atoms with E-state index in [9.17, 15) is 9.59 Å². The zero-order chi connectivity index (χ0) is 16.4. The molecule has 2 unspecified atom stereocenters. The number of benzene rings is 2. The first kappa shape index (κ1) is 14.9. The zero-order valence-electron chi connectivity index (χ0n) is 12.6. The SMILES string of the molecule is CC1Oc2ccc(NC(C(N)=O)c3ccccc3)cc2NC1=O. The maximum atomic E-state index is 11.8. The monoisotopic (exact) mass is 311 g/mol. The minimum Gasteiger partial charge on any atom is -0.479 e. The van der Waals surface area contributed by atoms with Crippen LogP contribution < -0.4 is 21.1 Å². The molecule has 0 saturated carbocycles. The highest BCUT2D eigenvalue weighted by atomic mass is 16.5. The standard InChI is InChI=1S/C17H17N3O3/c1-10-17(22)20-13-9-12(7-8-14(13)23-10)19-15(16(18)21)11-5-3-2-4-6-11/h2-10,15,19H,1H3,(H2,18,21)(H,20,22). The molecule has 2 amide bonds. The number of hydrogen-bond donors (Lipinski definition) is 3. The van der Waals surface area contributed by atoms with Crippen LogP contribution in [0.25, 0.3) is 0 Å². The maximum Gasteiger partial charge on any atom is 0.265 e. The molecule has 1 aliphatic heterocycles. The largest absolute Gasteiger partial charge is 0.479 e. The van der Waals surface area contributed by atoms with Crippen LogP contribution in [0.3, 0.4) is 0 Å². The van der Waals surface area contributed by atoms with Crippen LogP contribution in [0.5, 0.6) is 5.75 Å². The molecule has 0 radical (unpaired) electrons. The molecular formula is C17H17N3O3. The quantitative estimate of drug-likeness (QED) is 0.805. The lowest BCUT2D eigenvalue weighted by molar-refractivity contribution is -0.122. The number of ether oxygens (including phenoxy) is 1. The van der Waals surface area contributed by atoms with E-state index in [0.29, 0.717) is 17.1 Å². The van der Waals surface area contributed by atoms with E-state index in [1.54, 1.807) is 25.1 Å².